The van der Waals surface area contributed by atoms with Gasteiger partial charge in [-0.2, -0.15) is 0 Å². The van der Waals surface area contributed by atoms with E-state index in [0.29, 0.717) is 21.8 Å². The van der Waals surface area contributed by atoms with E-state index in [1.807, 2.05) is 68.6 Å². The third-order valence-corrected chi connectivity index (χ3v) is 6.93. The zero-order valence-corrected chi connectivity index (χ0v) is 19.2. The Kier molecular flexibility index (Phi) is 6.25. The number of aromatic nitrogens is 2. The molecular formula is C24H23N3O2S2. The van der Waals surface area contributed by atoms with Crippen LogP contribution in [-0.4, -0.2) is 21.1 Å². The molecule has 0 aliphatic rings. The summed E-state index contributed by atoms with van der Waals surface area (Å²) in [4.78, 5) is 33.6. The third-order valence-electron chi connectivity index (χ3n) is 4.91. The van der Waals surface area contributed by atoms with E-state index in [1.54, 1.807) is 0 Å². The first-order valence-electron chi connectivity index (χ1n) is 9.97. The van der Waals surface area contributed by atoms with E-state index in [9.17, 15) is 9.59 Å². The number of benzene rings is 2. The van der Waals surface area contributed by atoms with Crippen LogP contribution >= 0.6 is 23.1 Å². The molecule has 0 saturated heterocycles. The molecule has 4 aromatic rings. The lowest BCUT2D eigenvalue weighted by atomic mass is 10.1. The highest BCUT2D eigenvalue weighted by Crippen LogP contribution is 2.31. The number of aromatic amines is 1. The Bertz CT molecular complexity index is 1280. The van der Waals surface area contributed by atoms with Crippen molar-refractivity contribution in [1.82, 2.24) is 9.97 Å². The molecule has 0 saturated carbocycles. The Morgan fingerprint density at radius 3 is 2.58 bits per heavy atom. The molecular weight excluding hydrogens is 426 g/mol. The van der Waals surface area contributed by atoms with Crippen LogP contribution in [0.1, 0.15) is 23.9 Å². The fraction of sp³-hybridized carbons (Fsp3) is 0.208. The van der Waals surface area contributed by atoms with Crippen LogP contribution in [0, 0.1) is 13.8 Å². The molecule has 0 spiro atoms. The Balaban J connectivity index is 1.46. The zero-order valence-electron chi connectivity index (χ0n) is 17.6. The number of nitrogens with zero attached hydrogens (tertiary/aromatic N) is 1. The molecule has 2 heterocycles. The Hall–Kier alpha value is -2.90. The number of anilines is 1. The summed E-state index contributed by atoms with van der Waals surface area (Å²) >= 11 is 2.91. The van der Waals surface area contributed by atoms with Gasteiger partial charge in [-0.1, -0.05) is 36.4 Å². The van der Waals surface area contributed by atoms with Crippen LogP contribution in [0.15, 0.2) is 58.7 Å². The van der Waals surface area contributed by atoms with Gasteiger partial charge < -0.3 is 10.3 Å². The van der Waals surface area contributed by atoms with Crippen LogP contribution in [0.2, 0.25) is 0 Å². The van der Waals surface area contributed by atoms with Crippen molar-refractivity contribution < 1.29 is 4.79 Å². The molecule has 31 heavy (non-hydrogen) atoms. The number of thioether (sulfide) groups is 1. The predicted molar refractivity (Wildman–Crippen MR) is 131 cm³/mol. The van der Waals surface area contributed by atoms with Gasteiger partial charge in [0.25, 0.3) is 5.56 Å². The van der Waals surface area contributed by atoms with Gasteiger partial charge in [0.1, 0.15) is 10.7 Å². The highest BCUT2D eigenvalue weighted by molar-refractivity contribution is 7.99. The lowest BCUT2D eigenvalue weighted by Gasteiger charge is -2.13. The predicted octanol–water partition coefficient (Wildman–Crippen LogP) is 5.53. The van der Waals surface area contributed by atoms with Crippen molar-refractivity contribution in [3.63, 3.8) is 0 Å². The van der Waals surface area contributed by atoms with E-state index in [1.165, 1.54) is 23.1 Å². The van der Waals surface area contributed by atoms with E-state index in [0.717, 1.165) is 27.9 Å². The molecule has 0 fully saturated rings. The average molecular weight is 450 g/mol. The van der Waals surface area contributed by atoms with Gasteiger partial charge in [0.15, 0.2) is 0 Å². The van der Waals surface area contributed by atoms with Gasteiger partial charge in [0.2, 0.25) is 5.91 Å². The highest BCUT2D eigenvalue weighted by atomic mass is 32.2. The van der Waals surface area contributed by atoms with Crippen LogP contribution in [0.3, 0.4) is 0 Å². The number of H-pyrrole nitrogens is 1. The van der Waals surface area contributed by atoms with E-state index in [4.69, 9.17) is 0 Å². The third kappa shape index (κ3) is 4.89. The summed E-state index contributed by atoms with van der Waals surface area (Å²) in [5.41, 5.74) is 4.77. The van der Waals surface area contributed by atoms with Gasteiger partial charge in [0, 0.05) is 16.6 Å². The van der Waals surface area contributed by atoms with E-state index in [2.05, 4.69) is 21.4 Å². The van der Waals surface area contributed by atoms with Gasteiger partial charge in [-0.05, 0) is 49.6 Å². The summed E-state index contributed by atoms with van der Waals surface area (Å²) in [5.74, 6) is 0.960. The van der Waals surface area contributed by atoms with Crippen LogP contribution in [-0.2, 0) is 10.5 Å². The number of amides is 1. The number of thiophene rings is 1. The van der Waals surface area contributed by atoms with Crippen LogP contribution in [0.5, 0.6) is 0 Å². The van der Waals surface area contributed by atoms with Gasteiger partial charge in [0.05, 0.1) is 16.4 Å². The molecule has 158 valence electrons. The Morgan fingerprint density at radius 2 is 1.87 bits per heavy atom. The Labute approximate surface area is 188 Å². The second-order valence-electron chi connectivity index (χ2n) is 7.53. The fourth-order valence-corrected chi connectivity index (χ4v) is 5.18. The first-order chi connectivity index (χ1) is 14.9. The lowest BCUT2D eigenvalue weighted by molar-refractivity contribution is -0.115. The van der Waals surface area contributed by atoms with Crippen LogP contribution in [0.25, 0.3) is 21.3 Å². The topological polar surface area (TPSA) is 74.8 Å². The van der Waals surface area contributed by atoms with Gasteiger partial charge in [-0.15, -0.1) is 23.1 Å². The molecule has 4 rings (SSSR count). The molecule has 1 amide bonds. The summed E-state index contributed by atoms with van der Waals surface area (Å²) in [6.07, 6.45) is 0. The van der Waals surface area contributed by atoms with Crippen molar-refractivity contribution in [2.45, 2.75) is 31.8 Å². The minimum Gasteiger partial charge on any atom is -0.325 e. The summed E-state index contributed by atoms with van der Waals surface area (Å²) in [6, 6.07) is 15.8. The summed E-state index contributed by atoms with van der Waals surface area (Å²) in [5, 5.41) is 5.27. The minimum absolute atomic E-state index is 0.0686. The van der Waals surface area contributed by atoms with E-state index in [-0.39, 0.29) is 16.7 Å². The van der Waals surface area contributed by atoms with E-state index >= 15 is 0 Å². The summed E-state index contributed by atoms with van der Waals surface area (Å²) in [6.45, 7) is 5.87. The molecule has 2 aromatic heterocycles. The number of rotatable bonds is 6. The maximum Gasteiger partial charge on any atom is 0.260 e. The first-order valence-corrected chi connectivity index (χ1v) is 11.9. The number of nitrogens with one attached hydrogen (secondary N) is 2. The molecule has 0 aliphatic carbocycles. The van der Waals surface area contributed by atoms with Crippen LogP contribution in [0.4, 0.5) is 5.69 Å². The molecule has 0 radical (unpaired) electrons. The van der Waals surface area contributed by atoms with Crippen molar-refractivity contribution in [3.8, 4) is 11.1 Å². The fourth-order valence-electron chi connectivity index (χ4n) is 3.46. The second kappa shape index (κ2) is 9.08. The largest absolute Gasteiger partial charge is 0.325 e. The van der Waals surface area contributed by atoms with Crippen molar-refractivity contribution in [2.75, 3.05) is 5.32 Å². The van der Waals surface area contributed by atoms with E-state index < -0.39 is 0 Å². The summed E-state index contributed by atoms with van der Waals surface area (Å²) < 4.78 is 0. The lowest BCUT2D eigenvalue weighted by Crippen LogP contribution is -2.23. The van der Waals surface area contributed by atoms with Crippen molar-refractivity contribution in [3.05, 3.63) is 81.2 Å². The summed E-state index contributed by atoms with van der Waals surface area (Å²) in [7, 11) is 0. The zero-order chi connectivity index (χ0) is 22.0. The first kappa shape index (κ1) is 21.3. The monoisotopic (exact) mass is 449 g/mol. The number of carbonyl (C=O) groups excluding carboxylic acids is 1. The molecule has 2 N–H and O–H groups in total. The standard InChI is InChI=1S/C24H23N3O2S2/c1-14-9-15(2)11-18(10-14)25-22(28)16(3)30-13-20-26-23(29)21-19(12-31-24(21)27-20)17-7-5-4-6-8-17/h4-12,16H,13H2,1-3H3,(H,25,28)(H,26,27,29). The number of carbonyl (C=O) groups is 1. The maximum atomic E-state index is 12.8. The SMILES string of the molecule is Cc1cc(C)cc(NC(=O)C(C)SCc2nc3scc(-c4ccccc4)c3c(=O)[nH]2)c1. The molecule has 1 atom stereocenters. The molecule has 0 aliphatic heterocycles. The molecule has 7 heteroatoms. The van der Waals surface area contributed by atoms with Crippen molar-refractivity contribution in [2.24, 2.45) is 0 Å². The van der Waals surface area contributed by atoms with Gasteiger partial charge in [-0.3, -0.25) is 9.59 Å². The van der Waals surface area contributed by atoms with Crippen molar-refractivity contribution >= 4 is 44.9 Å². The molecule has 0 bridgehead atoms. The van der Waals surface area contributed by atoms with Crippen LogP contribution < -0.4 is 10.9 Å². The quantitative estimate of drug-likeness (QED) is 0.406. The number of hydrogen-bond donors (Lipinski definition) is 2. The normalized spacial score (nSPS) is 12.1. The number of aryl methyl sites for hydroxylation is 2. The maximum absolute atomic E-state index is 12.8. The second-order valence-corrected chi connectivity index (χ2v) is 9.71. The highest BCUT2D eigenvalue weighted by Gasteiger charge is 2.17. The molecule has 5 nitrogen and oxygen atoms in total. The smallest absolute Gasteiger partial charge is 0.260 e. The number of fused-ring (bicyclic) bond motifs is 1. The number of hydrogen-bond acceptors (Lipinski definition) is 5. The minimum atomic E-state index is -0.287. The van der Waals surface area contributed by atoms with Gasteiger partial charge in [-0.25, -0.2) is 4.98 Å². The van der Waals surface area contributed by atoms with Gasteiger partial charge >= 0.3 is 0 Å². The Morgan fingerprint density at radius 1 is 1.16 bits per heavy atom. The van der Waals surface area contributed by atoms with Crippen molar-refractivity contribution in [1.29, 1.82) is 0 Å². The average Bonchev–Trinajstić information content (AvgIpc) is 3.16. The molecule has 1 unspecified atom stereocenters. The molecule has 2 aromatic carbocycles.